The molecule has 0 saturated carbocycles. The van der Waals surface area contributed by atoms with Gasteiger partial charge in [-0.25, -0.2) is 9.37 Å². The first-order valence-electron chi connectivity index (χ1n) is 8.36. The Balaban J connectivity index is 1.51. The normalized spacial score (nSPS) is 10.6. The summed E-state index contributed by atoms with van der Waals surface area (Å²) in [5.74, 6) is 2.25. The summed E-state index contributed by atoms with van der Waals surface area (Å²) in [6.45, 7) is 0. The van der Waals surface area contributed by atoms with Crippen LogP contribution in [0.1, 0.15) is 0 Å². The van der Waals surface area contributed by atoms with Gasteiger partial charge in [-0.3, -0.25) is 0 Å². The number of methoxy groups -OCH3 is 1. The van der Waals surface area contributed by atoms with Crippen molar-refractivity contribution in [1.82, 2.24) is 4.98 Å². The molecule has 0 radical (unpaired) electrons. The summed E-state index contributed by atoms with van der Waals surface area (Å²) in [6.07, 6.45) is 1.45. The van der Waals surface area contributed by atoms with Crippen LogP contribution >= 0.6 is 0 Å². The van der Waals surface area contributed by atoms with E-state index in [9.17, 15) is 4.39 Å². The topological polar surface area (TPSA) is 44.5 Å². The zero-order valence-electron chi connectivity index (χ0n) is 14.6. The Bertz CT molecular complexity index is 1040. The summed E-state index contributed by atoms with van der Waals surface area (Å²) in [4.78, 5) is 4.38. The molecule has 0 aliphatic carbocycles. The van der Waals surface area contributed by atoms with Crippen LogP contribution in [-0.4, -0.2) is 12.1 Å². The number of hydrogen-bond acceptors (Lipinski definition) is 4. The average Bonchev–Trinajstić information content (AvgIpc) is 3.19. The lowest BCUT2D eigenvalue weighted by molar-refractivity contribution is 0.413. The van der Waals surface area contributed by atoms with Crippen LogP contribution in [0.3, 0.4) is 0 Å². The van der Waals surface area contributed by atoms with Gasteiger partial charge in [0.1, 0.15) is 35.0 Å². The summed E-state index contributed by atoms with van der Waals surface area (Å²) in [5, 5.41) is 0. The van der Waals surface area contributed by atoms with Gasteiger partial charge in [-0.2, -0.15) is 0 Å². The van der Waals surface area contributed by atoms with E-state index in [1.807, 2.05) is 48.5 Å². The molecule has 134 valence electrons. The van der Waals surface area contributed by atoms with E-state index in [1.165, 1.54) is 12.3 Å². The highest BCUT2D eigenvalue weighted by Gasteiger charge is 2.11. The summed E-state index contributed by atoms with van der Waals surface area (Å²) in [6, 6.07) is 21.1. The maximum atomic E-state index is 13.9. The molecule has 0 aliphatic heterocycles. The maximum absolute atomic E-state index is 13.9. The highest BCUT2D eigenvalue weighted by atomic mass is 19.1. The van der Waals surface area contributed by atoms with E-state index in [-0.39, 0.29) is 5.82 Å². The molecule has 0 N–H and O–H groups in total. The van der Waals surface area contributed by atoms with Crippen LogP contribution in [0.25, 0.3) is 22.7 Å². The van der Waals surface area contributed by atoms with E-state index >= 15 is 0 Å². The van der Waals surface area contributed by atoms with E-state index in [2.05, 4.69) is 4.98 Å². The highest BCUT2D eigenvalue weighted by Crippen LogP contribution is 2.29. The van der Waals surface area contributed by atoms with Gasteiger partial charge in [-0.05, 0) is 60.7 Å². The molecule has 0 spiro atoms. The van der Waals surface area contributed by atoms with E-state index in [0.717, 1.165) is 11.3 Å². The molecule has 0 amide bonds. The molecule has 1 heterocycles. The first kappa shape index (κ1) is 16.8. The van der Waals surface area contributed by atoms with Crippen molar-refractivity contribution >= 4 is 0 Å². The van der Waals surface area contributed by atoms with Crippen LogP contribution in [0, 0.1) is 5.82 Å². The molecule has 0 fully saturated rings. The Morgan fingerprint density at radius 1 is 0.815 bits per heavy atom. The number of nitrogens with zero attached hydrogens (tertiary/aromatic N) is 1. The van der Waals surface area contributed by atoms with E-state index in [1.54, 1.807) is 25.3 Å². The third-order valence-corrected chi connectivity index (χ3v) is 4.05. The molecular formula is C22H16FNO3. The van der Waals surface area contributed by atoms with Crippen molar-refractivity contribution < 1.29 is 18.3 Å². The zero-order chi connectivity index (χ0) is 18.6. The Labute approximate surface area is 155 Å². The number of oxazole rings is 1. The van der Waals surface area contributed by atoms with Crippen LogP contribution in [0.2, 0.25) is 0 Å². The van der Waals surface area contributed by atoms with Gasteiger partial charge < -0.3 is 13.9 Å². The molecule has 0 bridgehead atoms. The van der Waals surface area contributed by atoms with Crippen LogP contribution in [0.4, 0.5) is 4.39 Å². The third-order valence-electron chi connectivity index (χ3n) is 4.05. The highest BCUT2D eigenvalue weighted by molar-refractivity contribution is 5.63. The Kier molecular flexibility index (Phi) is 4.58. The molecule has 0 atom stereocenters. The molecular weight excluding hydrogens is 345 g/mol. The fourth-order valence-electron chi connectivity index (χ4n) is 2.64. The first-order valence-corrected chi connectivity index (χ1v) is 8.36. The van der Waals surface area contributed by atoms with Crippen molar-refractivity contribution in [3.05, 3.63) is 84.9 Å². The lowest BCUT2D eigenvalue weighted by Gasteiger charge is -2.07. The average molecular weight is 361 g/mol. The summed E-state index contributed by atoms with van der Waals surface area (Å²) in [5.41, 5.74) is 1.65. The fraction of sp³-hybridized carbons (Fsp3) is 0.0455. The molecule has 5 heteroatoms. The zero-order valence-corrected chi connectivity index (χ0v) is 14.6. The van der Waals surface area contributed by atoms with Crippen LogP contribution in [0.15, 0.2) is 83.5 Å². The minimum absolute atomic E-state index is 0.333. The van der Waals surface area contributed by atoms with Crippen molar-refractivity contribution in [2.24, 2.45) is 0 Å². The van der Waals surface area contributed by atoms with Gasteiger partial charge in [0.25, 0.3) is 0 Å². The second kappa shape index (κ2) is 7.33. The van der Waals surface area contributed by atoms with Crippen molar-refractivity contribution in [2.75, 3.05) is 7.11 Å². The van der Waals surface area contributed by atoms with Crippen molar-refractivity contribution in [3.63, 3.8) is 0 Å². The monoisotopic (exact) mass is 361 g/mol. The van der Waals surface area contributed by atoms with Gasteiger partial charge in [-0.15, -0.1) is 0 Å². The lowest BCUT2D eigenvalue weighted by Crippen LogP contribution is -1.86. The quantitative estimate of drug-likeness (QED) is 0.441. The molecule has 27 heavy (non-hydrogen) atoms. The van der Waals surface area contributed by atoms with E-state index < -0.39 is 0 Å². The number of benzene rings is 3. The van der Waals surface area contributed by atoms with Gasteiger partial charge in [0.15, 0.2) is 0 Å². The Morgan fingerprint density at radius 2 is 1.44 bits per heavy atom. The van der Waals surface area contributed by atoms with E-state index in [0.29, 0.717) is 28.6 Å². The van der Waals surface area contributed by atoms with Crippen LogP contribution in [-0.2, 0) is 0 Å². The first-order chi connectivity index (χ1) is 13.2. The molecule has 4 nitrogen and oxygen atoms in total. The Hall–Kier alpha value is -3.60. The molecule has 0 aliphatic rings. The van der Waals surface area contributed by atoms with Crippen LogP contribution < -0.4 is 9.47 Å². The molecule has 0 unspecified atom stereocenters. The second-order valence-electron chi connectivity index (χ2n) is 5.82. The predicted octanol–water partition coefficient (Wildman–Crippen LogP) is 5.95. The predicted molar refractivity (Wildman–Crippen MR) is 100 cm³/mol. The van der Waals surface area contributed by atoms with Crippen LogP contribution in [0.5, 0.6) is 17.2 Å². The molecule has 3 aromatic carbocycles. The second-order valence-corrected chi connectivity index (χ2v) is 5.82. The van der Waals surface area contributed by atoms with Gasteiger partial charge >= 0.3 is 0 Å². The van der Waals surface area contributed by atoms with Gasteiger partial charge in [-0.1, -0.05) is 12.1 Å². The Morgan fingerprint density at radius 3 is 2.11 bits per heavy atom. The summed E-state index contributed by atoms with van der Waals surface area (Å²) < 4.78 is 30.3. The minimum atomic E-state index is -0.333. The number of aromatic nitrogens is 1. The fourth-order valence-corrected chi connectivity index (χ4v) is 2.64. The molecule has 4 rings (SSSR count). The van der Waals surface area contributed by atoms with Crippen molar-refractivity contribution in [1.29, 1.82) is 0 Å². The van der Waals surface area contributed by atoms with Gasteiger partial charge in [0, 0.05) is 11.1 Å². The van der Waals surface area contributed by atoms with E-state index in [4.69, 9.17) is 13.9 Å². The number of rotatable bonds is 5. The number of ether oxygens (including phenoxy) is 2. The minimum Gasteiger partial charge on any atom is -0.497 e. The lowest BCUT2D eigenvalue weighted by atomic mass is 10.1. The van der Waals surface area contributed by atoms with Crippen molar-refractivity contribution in [3.8, 4) is 40.0 Å². The number of halogens is 1. The molecule has 0 saturated heterocycles. The van der Waals surface area contributed by atoms with Crippen molar-refractivity contribution in [2.45, 2.75) is 0 Å². The standard InChI is InChI=1S/C22H16FNO3/c1-25-16-10-12-18(13-11-16)27-17-8-6-15(7-9-17)22-24-21(14-26-22)19-4-2-3-5-20(19)23/h2-14H,1H3. The SMILES string of the molecule is COc1ccc(Oc2ccc(-c3nc(-c4ccccc4F)co3)cc2)cc1. The number of hydrogen-bond donors (Lipinski definition) is 0. The largest absolute Gasteiger partial charge is 0.497 e. The smallest absolute Gasteiger partial charge is 0.226 e. The van der Waals surface area contributed by atoms with Gasteiger partial charge in [0.05, 0.1) is 7.11 Å². The summed E-state index contributed by atoms with van der Waals surface area (Å²) in [7, 11) is 1.62. The summed E-state index contributed by atoms with van der Waals surface area (Å²) >= 11 is 0. The molecule has 4 aromatic rings. The maximum Gasteiger partial charge on any atom is 0.226 e. The third kappa shape index (κ3) is 3.67. The van der Waals surface area contributed by atoms with Gasteiger partial charge in [0.2, 0.25) is 5.89 Å². The molecule has 1 aromatic heterocycles.